The van der Waals surface area contributed by atoms with Crippen molar-refractivity contribution >= 4 is 11.9 Å². The Morgan fingerprint density at radius 2 is 2.16 bits per heavy atom. The molecule has 0 aromatic carbocycles. The zero-order valence-electron chi connectivity index (χ0n) is 11.6. The normalized spacial score (nSPS) is 39.5. The minimum Gasteiger partial charge on any atom is -0.459 e. The lowest BCUT2D eigenvalue weighted by atomic mass is 9.82. The number of carbonyl (C=O) groups excluding carboxylic acids is 2. The molecule has 5 nitrogen and oxygen atoms in total. The summed E-state index contributed by atoms with van der Waals surface area (Å²) in [5, 5.41) is 2.99. The molecule has 1 N–H and O–H groups in total. The van der Waals surface area contributed by atoms with Crippen molar-refractivity contribution in [1.29, 1.82) is 0 Å². The van der Waals surface area contributed by atoms with Gasteiger partial charge in [0.15, 0.2) is 0 Å². The minimum absolute atomic E-state index is 0.0543. The van der Waals surface area contributed by atoms with Crippen LogP contribution in [0.3, 0.4) is 0 Å². The number of ether oxygens (including phenoxy) is 2. The number of hydrogen-bond acceptors (Lipinski definition) is 4. The number of amides is 1. The van der Waals surface area contributed by atoms with E-state index in [9.17, 15) is 9.59 Å². The molecule has 3 fully saturated rings. The zero-order chi connectivity index (χ0) is 13.8. The molecular weight excluding hydrogens is 246 g/mol. The molecule has 3 heterocycles. The van der Waals surface area contributed by atoms with Gasteiger partial charge < -0.3 is 14.8 Å². The largest absolute Gasteiger partial charge is 0.459 e. The highest BCUT2D eigenvalue weighted by molar-refractivity contribution is 5.81. The predicted molar refractivity (Wildman–Crippen MR) is 67.2 cm³/mol. The molecule has 0 aliphatic carbocycles. The first-order chi connectivity index (χ1) is 8.94. The summed E-state index contributed by atoms with van der Waals surface area (Å²) in [7, 11) is 0. The molecule has 0 spiro atoms. The van der Waals surface area contributed by atoms with Crippen molar-refractivity contribution in [2.24, 2.45) is 17.3 Å². The van der Waals surface area contributed by atoms with Crippen LogP contribution < -0.4 is 5.32 Å². The average Bonchev–Trinajstić information content (AvgIpc) is 2.98. The Morgan fingerprint density at radius 1 is 1.42 bits per heavy atom. The molecule has 2 bridgehead atoms. The van der Waals surface area contributed by atoms with Crippen molar-refractivity contribution < 1.29 is 19.1 Å². The molecule has 3 aliphatic heterocycles. The summed E-state index contributed by atoms with van der Waals surface area (Å²) in [5.41, 5.74) is -0.354. The van der Waals surface area contributed by atoms with Crippen molar-refractivity contribution in [2.75, 3.05) is 6.54 Å². The lowest BCUT2D eigenvalue weighted by Crippen LogP contribution is -2.44. The lowest BCUT2D eigenvalue weighted by molar-refractivity contribution is -0.144. The molecular formula is C14H21NO4. The van der Waals surface area contributed by atoms with Crippen LogP contribution in [0.2, 0.25) is 0 Å². The average molecular weight is 267 g/mol. The van der Waals surface area contributed by atoms with Crippen molar-refractivity contribution in [2.45, 2.75) is 51.9 Å². The van der Waals surface area contributed by atoms with Gasteiger partial charge in [-0.25, -0.2) is 0 Å². The topological polar surface area (TPSA) is 64.6 Å². The molecule has 3 saturated heterocycles. The van der Waals surface area contributed by atoms with E-state index < -0.39 is 0 Å². The van der Waals surface area contributed by atoms with Gasteiger partial charge >= 0.3 is 5.97 Å². The monoisotopic (exact) mass is 267 g/mol. The first-order valence-corrected chi connectivity index (χ1v) is 7.08. The molecule has 5 heteroatoms. The molecule has 0 radical (unpaired) electrons. The third kappa shape index (κ3) is 1.86. The minimum atomic E-state index is -0.354. The highest BCUT2D eigenvalue weighted by atomic mass is 16.6. The van der Waals surface area contributed by atoms with Gasteiger partial charge in [-0.15, -0.1) is 0 Å². The molecule has 5 atom stereocenters. The third-order valence-corrected chi connectivity index (χ3v) is 4.99. The van der Waals surface area contributed by atoms with Crippen molar-refractivity contribution in [3.05, 3.63) is 0 Å². The maximum atomic E-state index is 12.1. The van der Waals surface area contributed by atoms with E-state index in [4.69, 9.17) is 9.47 Å². The molecule has 0 aromatic rings. The van der Waals surface area contributed by atoms with Gasteiger partial charge in [-0.2, -0.15) is 0 Å². The Morgan fingerprint density at radius 3 is 2.84 bits per heavy atom. The highest BCUT2D eigenvalue weighted by Gasteiger charge is 2.63. The summed E-state index contributed by atoms with van der Waals surface area (Å²) < 4.78 is 11.2. The summed E-state index contributed by atoms with van der Waals surface area (Å²) in [5.74, 6) is -0.0165. The van der Waals surface area contributed by atoms with Crippen LogP contribution in [0.1, 0.15) is 33.6 Å². The van der Waals surface area contributed by atoms with Gasteiger partial charge in [-0.3, -0.25) is 9.59 Å². The zero-order valence-corrected chi connectivity index (χ0v) is 11.6. The third-order valence-electron chi connectivity index (χ3n) is 4.99. The SMILES string of the molecule is CCC(C)(C)C(=O)NCC1C2CC3C(=O)OC1C3O2. The van der Waals surface area contributed by atoms with Gasteiger partial charge in [-0.05, 0) is 12.8 Å². The molecule has 1 amide bonds. The number of rotatable bonds is 4. The highest BCUT2D eigenvalue weighted by Crippen LogP contribution is 2.49. The Bertz CT molecular complexity index is 420. The van der Waals surface area contributed by atoms with Gasteiger partial charge in [0, 0.05) is 17.9 Å². The molecule has 19 heavy (non-hydrogen) atoms. The number of esters is 1. The fourth-order valence-corrected chi connectivity index (χ4v) is 3.24. The Labute approximate surface area is 113 Å². The molecule has 0 aromatic heterocycles. The van der Waals surface area contributed by atoms with Crippen LogP contribution in [0.5, 0.6) is 0 Å². The van der Waals surface area contributed by atoms with E-state index in [1.165, 1.54) is 0 Å². The van der Waals surface area contributed by atoms with Crippen LogP contribution in [-0.4, -0.2) is 36.7 Å². The van der Waals surface area contributed by atoms with E-state index in [0.29, 0.717) is 6.54 Å². The molecule has 5 unspecified atom stereocenters. The van der Waals surface area contributed by atoms with Gasteiger partial charge in [0.2, 0.25) is 5.91 Å². The van der Waals surface area contributed by atoms with Gasteiger partial charge in [-0.1, -0.05) is 20.8 Å². The first kappa shape index (κ1) is 12.9. The van der Waals surface area contributed by atoms with Gasteiger partial charge in [0.1, 0.15) is 12.2 Å². The fraction of sp³-hybridized carbons (Fsp3) is 0.857. The summed E-state index contributed by atoms with van der Waals surface area (Å²) in [6.45, 7) is 6.41. The second kappa shape index (κ2) is 4.20. The van der Waals surface area contributed by atoms with Crippen molar-refractivity contribution in [3.8, 4) is 0 Å². The quantitative estimate of drug-likeness (QED) is 0.768. The number of carbonyl (C=O) groups is 2. The van der Waals surface area contributed by atoms with E-state index in [1.807, 2.05) is 20.8 Å². The van der Waals surface area contributed by atoms with Crippen LogP contribution in [0, 0.1) is 17.3 Å². The van der Waals surface area contributed by atoms with Crippen LogP contribution >= 0.6 is 0 Å². The van der Waals surface area contributed by atoms with E-state index in [-0.39, 0.29) is 47.4 Å². The smallest absolute Gasteiger partial charge is 0.312 e. The van der Waals surface area contributed by atoms with Gasteiger partial charge in [0.05, 0.1) is 12.0 Å². The Kier molecular flexibility index (Phi) is 2.85. The van der Waals surface area contributed by atoms with Crippen LogP contribution in [0.15, 0.2) is 0 Å². The van der Waals surface area contributed by atoms with E-state index in [1.54, 1.807) is 0 Å². The van der Waals surface area contributed by atoms with E-state index in [2.05, 4.69) is 5.32 Å². The number of hydrogen-bond donors (Lipinski definition) is 1. The van der Waals surface area contributed by atoms with Gasteiger partial charge in [0.25, 0.3) is 0 Å². The Balaban J connectivity index is 1.61. The summed E-state index contributed by atoms with van der Waals surface area (Å²) in [6.07, 6.45) is 1.39. The standard InChI is InChI=1S/C14H21NO4/c1-4-14(2,3)13(17)15-6-8-9-5-7-10(18-9)11(8)19-12(7)16/h7-11H,4-6H2,1-3H3,(H,15,17). The van der Waals surface area contributed by atoms with Crippen LogP contribution in [0.4, 0.5) is 0 Å². The van der Waals surface area contributed by atoms with E-state index >= 15 is 0 Å². The summed E-state index contributed by atoms with van der Waals surface area (Å²) >= 11 is 0. The van der Waals surface area contributed by atoms with Crippen molar-refractivity contribution in [1.82, 2.24) is 5.32 Å². The van der Waals surface area contributed by atoms with Crippen LogP contribution in [0.25, 0.3) is 0 Å². The Hall–Kier alpha value is -1.10. The van der Waals surface area contributed by atoms with Crippen molar-refractivity contribution in [3.63, 3.8) is 0 Å². The molecule has 0 saturated carbocycles. The maximum absolute atomic E-state index is 12.1. The summed E-state index contributed by atoms with van der Waals surface area (Å²) in [4.78, 5) is 23.7. The molecule has 3 aliphatic rings. The second-order valence-corrected chi connectivity index (χ2v) is 6.49. The predicted octanol–water partition coefficient (Wildman–Crippen LogP) is 0.868. The van der Waals surface area contributed by atoms with E-state index in [0.717, 1.165) is 12.8 Å². The fourth-order valence-electron chi connectivity index (χ4n) is 3.24. The van der Waals surface area contributed by atoms with Crippen LogP contribution in [-0.2, 0) is 19.1 Å². The number of nitrogens with one attached hydrogen (secondary N) is 1. The lowest BCUT2D eigenvalue weighted by Gasteiger charge is -2.26. The second-order valence-electron chi connectivity index (χ2n) is 6.49. The number of fused-ring (bicyclic) bond motifs is 1. The molecule has 3 rings (SSSR count). The maximum Gasteiger partial charge on any atom is 0.312 e. The summed E-state index contributed by atoms with van der Waals surface area (Å²) in [6, 6.07) is 0. The first-order valence-electron chi connectivity index (χ1n) is 7.08. The molecule has 106 valence electrons.